The molecule has 0 radical (unpaired) electrons. The molecular formula is C7H6O5. The van der Waals surface area contributed by atoms with E-state index in [-0.39, 0.29) is 5.56 Å². The van der Waals surface area contributed by atoms with Gasteiger partial charge in [-0.15, -0.1) is 0 Å². The van der Waals surface area contributed by atoms with Crippen molar-refractivity contribution in [3.63, 3.8) is 0 Å². The SMILES string of the molecule is CC(=O)c1c(O)coc1C(=O)O. The lowest BCUT2D eigenvalue weighted by atomic mass is 10.1. The second-order valence-corrected chi connectivity index (χ2v) is 2.19. The maximum absolute atomic E-state index is 10.8. The first kappa shape index (κ1) is 8.32. The van der Waals surface area contributed by atoms with Crippen LogP contribution in [0.1, 0.15) is 27.8 Å². The maximum atomic E-state index is 10.8. The summed E-state index contributed by atoms with van der Waals surface area (Å²) in [7, 11) is 0. The van der Waals surface area contributed by atoms with Gasteiger partial charge in [-0.1, -0.05) is 0 Å². The van der Waals surface area contributed by atoms with Crippen LogP contribution in [0, 0.1) is 0 Å². The fourth-order valence-corrected chi connectivity index (χ4v) is 0.846. The molecule has 1 rings (SSSR count). The Labute approximate surface area is 67.2 Å². The molecule has 0 aromatic carbocycles. The molecule has 5 nitrogen and oxygen atoms in total. The average Bonchev–Trinajstić information content (AvgIpc) is 2.30. The van der Waals surface area contributed by atoms with Gasteiger partial charge in [0, 0.05) is 0 Å². The Morgan fingerprint density at radius 2 is 2.08 bits per heavy atom. The van der Waals surface area contributed by atoms with Crippen LogP contribution in [0.15, 0.2) is 10.7 Å². The summed E-state index contributed by atoms with van der Waals surface area (Å²) in [4.78, 5) is 21.2. The first-order chi connectivity index (χ1) is 5.54. The van der Waals surface area contributed by atoms with Gasteiger partial charge in [0.15, 0.2) is 11.5 Å². The minimum atomic E-state index is -1.37. The molecule has 1 aromatic rings. The van der Waals surface area contributed by atoms with Crippen LogP contribution in [-0.2, 0) is 0 Å². The summed E-state index contributed by atoms with van der Waals surface area (Å²) in [5.74, 6) is -2.89. The number of rotatable bonds is 2. The third-order valence-electron chi connectivity index (χ3n) is 1.32. The van der Waals surface area contributed by atoms with Crippen molar-refractivity contribution in [3.05, 3.63) is 17.6 Å². The van der Waals surface area contributed by atoms with Crippen LogP contribution in [-0.4, -0.2) is 22.0 Å². The van der Waals surface area contributed by atoms with E-state index < -0.39 is 23.3 Å². The van der Waals surface area contributed by atoms with Crippen molar-refractivity contribution in [1.29, 1.82) is 0 Å². The Morgan fingerprint density at radius 3 is 2.42 bits per heavy atom. The van der Waals surface area contributed by atoms with Gasteiger partial charge in [0.05, 0.1) is 0 Å². The van der Waals surface area contributed by atoms with Crippen molar-refractivity contribution in [2.24, 2.45) is 0 Å². The molecule has 0 atom stereocenters. The van der Waals surface area contributed by atoms with Crippen LogP contribution in [0.3, 0.4) is 0 Å². The van der Waals surface area contributed by atoms with E-state index in [1.165, 1.54) is 0 Å². The average molecular weight is 170 g/mol. The van der Waals surface area contributed by atoms with Crippen LogP contribution in [0.5, 0.6) is 5.75 Å². The van der Waals surface area contributed by atoms with Gasteiger partial charge in [-0.05, 0) is 6.92 Å². The fourth-order valence-electron chi connectivity index (χ4n) is 0.846. The molecular weight excluding hydrogens is 164 g/mol. The summed E-state index contributed by atoms with van der Waals surface area (Å²) in [6.45, 7) is 1.15. The van der Waals surface area contributed by atoms with Crippen LogP contribution in [0.4, 0.5) is 0 Å². The van der Waals surface area contributed by atoms with Crippen molar-refractivity contribution in [3.8, 4) is 5.75 Å². The summed E-state index contributed by atoms with van der Waals surface area (Å²) < 4.78 is 4.45. The number of hydrogen-bond acceptors (Lipinski definition) is 4. The molecule has 0 saturated heterocycles. The number of carboxylic acid groups (broad SMARTS) is 1. The van der Waals surface area contributed by atoms with E-state index in [4.69, 9.17) is 10.2 Å². The van der Waals surface area contributed by atoms with E-state index in [1.807, 2.05) is 0 Å². The number of carboxylic acids is 1. The smallest absolute Gasteiger partial charge is 0.372 e. The van der Waals surface area contributed by atoms with Crippen LogP contribution in [0.25, 0.3) is 0 Å². The van der Waals surface area contributed by atoms with E-state index in [0.29, 0.717) is 0 Å². The minimum absolute atomic E-state index is 0.289. The number of carbonyl (C=O) groups excluding carboxylic acids is 1. The normalized spacial score (nSPS) is 9.75. The van der Waals surface area contributed by atoms with Crippen molar-refractivity contribution < 1.29 is 24.2 Å². The van der Waals surface area contributed by atoms with Crippen LogP contribution in [0.2, 0.25) is 0 Å². The third-order valence-corrected chi connectivity index (χ3v) is 1.32. The molecule has 5 heteroatoms. The van der Waals surface area contributed by atoms with Gasteiger partial charge in [0.2, 0.25) is 5.76 Å². The lowest BCUT2D eigenvalue weighted by Gasteiger charge is -1.91. The number of hydrogen-bond donors (Lipinski definition) is 2. The Morgan fingerprint density at radius 1 is 1.50 bits per heavy atom. The Bertz CT molecular complexity index is 336. The molecule has 0 bridgehead atoms. The highest BCUT2D eigenvalue weighted by Crippen LogP contribution is 2.23. The highest BCUT2D eigenvalue weighted by atomic mass is 16.4. The fraction of sp³-hybridized carbons (Fsp3) is 0.143. The third kappa shape index (κ3) is 1.16. The number of aromatic carboxylic acids is 1. The first-order valence-corrected chi connectivity index (χ1v) is 3.08. The number of Topliss-reactive ketones (excluding diaryl/α,β-unsaturated/α-hetero) is 1. The van der Waals surface area contributed by atoms with Gasteiger partial charge in [0.1, 0.15) is 11.8 Å². The lowest BCUT2D eigenvalue weighted by Crippen LogP contribution is -2.02. The van der Waals surface area contributed by atoms with E-state index in [2.05, 4.69) is 4.42 Å². The summed E-state index contributed by atoms with van der Waals surface area (Å²) >= 11 is 0. The Hall–Kier alpha value is -1.78. The predicted molar refractivity (Wildman–Crippen MR) is 37.3 cm³/mol. The topological polar surface area (TPSA) is 87.7 Å². The second-order valence-electron chi connectivity index (χ2n) is 2.19. The van der Waals surface area contributed by atoms with Crippen molar-refractivity contribution in [1.82, 2.24) is 0 Å². The predicted octanol–water partition coefficient (Wildman–Crippen LogP) is 0.886. The first-order valence-electron chi connectivity index (χ1n) is 3.08. The summed E-state index contributed by atoms with van der Waals surface area (Å²) in [5, 5.41) is 17.4. The monoisotopic (exact) mass is 170 g/mol. The van der Waals surface area contributed by atoms with Gasteiger partial charge in [-0.2, -0.15) is 0 Å². The van der Waals surface area contributed by atoms with Gasteiger partial charge in [-0.3, -0.25) is 4.79 Å². The molecule has 0 aliphatic rings. The van der Waals surface area contributed by atoms with Crippen molar-refractivity contribution >= 4 is 11.8 Å². The molecule has 64 valence electrons. The number of furan rings is 1. The molecule has 0 unspecified atom stereocenters. The molecule has 1 aromatic heterocycles. The highest BCUT2D eigenvalue weighted by molar-refractivity contribution is 6.05. The minimum Gasteiger partial charge on any atom is -0.504 e. The molecule has 0 saturated carbocycles. The summed E-state index contributed by atoms with van der Waals surface area (Å²) in [6.07, 6.45) is 0.820. The van der Waals surface area contributed by atoms with Gasteiger partial charge in [0.25, 0.3) is 0 Å². The Balaban J connectivity index is 3.31. The molecule has 1 heterocycles. The number of aromatic hydroxyl groups is 1. The summed E-state index contributed by atoms with van der Waals surface area (Å²) in [5.41, 5.74) is -0.289. The van der Waals surface area contributed by atoms with Crippen molar-refractivity contribution in [2.45, 2.75) is 6.92 Å². The molecule has 0 aliphatic heterocycles. The molecule has 2 N–H and O–H groups in total. The molecule has 12 heavy (non-hydrogen) atoms. The van der Waals surface area contributed by atoms with E-state index in [1.54, 1.807) is 0 Å². The summed E-state index contributed by atoms with van der Waals surface area (Å²) in [6, 6.07) is 0. The zero-order valence-corrected chi connectivity index (χ0v) is 6.20. The number of carbonyl (C=O) groups is 2. The Kier molecular flexibility index (Phi) is 1.86. The van der Waals surface area contributed by atoms with Crippen molar-refractivity contribution in [2.75, 3.05) is 0 Å². The maximum Gasteiger partial charge on any atom is 0.372 e. The molecule has 0 fully saturated rings. The van der Waals surface area contributed by atoms with Gasteiger partial charge < -0.3 is 14.6 Å². The van der Waals surface area contributed by atoms with Crippen LogP contribution >= 0.6 is 0 Å². The van der Waals surface area contributed by atoms with Gasteiger partial charge in [-0.25, -0.2) is 4.79 Å². The van der Waals surface area contributed by atoms with E-state index >= 15 is 0 Å². The zero-order chi connectivity index (χ0) is 9.30. The largest absolute Gasteiger partial charge is 0.504 e. The standard InChI is InChI=1S/C7H6O5/c1-3(8)5-4(9)2-12-6(5)7(10)11/h2,9H,1H3,(H,10,11). The number of ketones is 1. The lowest BCUT2D eigenvalue weighted by molar-refractivity contribution is 0.0657. The molecule has 0 aliphatic carbocycles. The van der Waals surface area contributed by atoms with E-state index in [0.717, 1.165) is 13.2 Å². The second kappa shape index (κ2) is 2.69. The van der Waals surface area contributed by atoms with Gasteiger partial charge >= 0.3 is 5.97 Å². The zero-order valence-electron chi connectivity index (χ0n) is 6.20. The molecule has 0 amide bonds. The highest BCUT2D eigenvalue weighted by Gasteiger charge is 2.22. The van der Waals surface area contributed by atoms with E-state index in [9.17, 15) is 9.59 Å². The quantitative estimate of drug-likeness (QED) is 0.643. The van der Waals surface area contributed by atoms with Crippen LogP contribution < -0.4 is 0 Å². The molecule has 0 spiro atoms.